The average molecular weight is 177 g/mol. The number of ketones is 1. The summed E-state index contributed by atoms with van der Waals surface area (Å²) in [5.41, 5.74) is 1.14. The largest absolute Gasteiger partial charge is 0.387 e. The van der Waals surface area contributed by atoms with Crippen LogP contribution in [-0.2, 0) is 0 Å². The molecule has 68 valence electrons. The average Bonchev–Trinajstić information content (AvgIpc) is 2.29. The van der Waals surface area contributed by atoms with Gasteiger partial charge in [0.15, 0.2) is 5.78 Å². The zero-order valence-corrected chi connectivity index (χ0v) is 7.23. The SMILES string of the molecule is O=C1CCCC(O)c2ncccc21. The van der Waals surface area contributed by atoms with Crippen LogP contribution in [0.15, 0.2) is 18.3 Å². The van der Waals surface area contributed by atoms with Gasteiger partial charge in [-0.05, 0) is 25.0 Å². The van der Waals surface area contributed by atoms with Gasteiger partial charge < -0.3 is 5.11 Å². The summed E-state index contributed by atoms with van der Waals surface area (Å²) in [6.07, 6.45) is 2.95. The summed E-state index contributed by atoms with van der Waals surface area (Å²) in [5, 5.41) is 9.64. The first-order valence-corrected chi connectivity index (χ1v) is 4.45. The Kier molecular flexibility index (Phi) is 2.10. The Morgan fingerprint density at radius 3 is 3.23 bits per heavy atom. The monoisotopic (exact) mass is 177 g/mol. The van der Waals surface area contributed by atoms with Gasteiger partial charge in [-0.1, -0.05) is 0 Å². The summed E-state index contributed by atoms with van der Waals surface area (Å²) in [4.78, 5) is 15.5. The predicted octanol–water partition coefficient (Wildman–Crippen LogP) is 1.48. The molecule has 1 aromatic rings. The zero-order valence-electron chi connectivity index (χ0n) is 7.23. The molecule has 1 aliphatic rings. The maximum atomic E-state index is 11.5. The lowest BCUT2D eigenvalue weighted by Gasteiger charge is -2.07. The second kappa shape index (κ2) is 3.26. The van der Waals surface area contributed by atoms with E-state index in [2.05, 4.69) is 4.98 Å². The molecule has 1 N–H and O–H groups in total. The van der Waals surface area contributed by atoms with E-state index in [9.17, 15) is 9.90 Å². The van der Waals surface area contributed by atoms with Crippen LogP contribution in [0.3, 0.4) is 0 Å². The number of Topliss-reactive ketones (excluding diaryl/α,β-unsaturated/α-hetero) is 1. The Hall–Kier alpha value is -1.22. The molecule has 0 amide bonds. The molecule has 1 atom stereocenters. The lowest BCUT2D eigenvalue weighted by atomic mass is 10.1. The summed E-state index contributed by atoms with van der Waals surface area (Å²) in [6.45, 7) is 0. The van der Waals surface area contributed by atoms with E-state index in [4.69, 9.17) is 0 Å². The Balaban J connectivity index is 2.51. The molecule has 3 heteroatoms. The van der Waals surface area contributed by atoms with Gasteiger partial charge in [-0.25, -0.2) is 0 Å². The predicted molar refractivity (Wildman–Crippen MR) is 47.4 cm³/mol. The molecule has 0 saturated carbocycles. The molecule has 0 spiro atoms. The first-order valence-electron chi connectivity index (χ1n) is 4.45. The molecule has 0 radical (unpaired) electrons. The first-order chi connectivity index (χ1) is 6.29. The van der Waals surface area contributed by atoms with E-state index >= 15 is 0 Å². The maximum absolute atomic E-state index is 11.5. The molecule has 13 heavy (non-hydrogen) atoms. The number of aliphatic hydroxyl groups is 1. The normalized spacial score (nSPS) is 22.2. The number of hydrogen-bond donors (Lipinski definition) is 1. The Morgan fingerprint density at radius 2 is 2.38 bits per heavy atom. The molecule has 1 unspecified atom stereocenters. The molecule has 0 aliphatic heterocycles. The summed E-state index contributed by atoms with van der Waals surface area (Å²) in [6, 6.07) is 3.47. The van der Waals surface area contributed by atoms with Crippen LogP contribution >= 0.6 is 0 Å². The van der Waals surface area contributed by atoms with Crippen molar-refractivity contribution in [3.63, 3.8) is 0 Å². The van der Waals surface area contributed by atoms with Crippen LogP contribution in [0.1, 0.15) is 41.4 Å². The van der Waals surface area contributed by atoms with Crippen LogP contribution in [0.2, 0.25) is 0 Å². The van der Waals surface area contributed by atoms with Gasteiger partial charge in [-0.15, -0.1) is 0 Å². The summed E-state index contributed by atoms with van der Waals surface area (Å²) >= 11 is 0. The summed E-state index contributed by atoms with van der Waals surface area (Å²) < 4.78 is 0. The molecule has 0 fully saturated rings. The third-order valence-corrected chi connectivity index (χ3v) is 2.34. The van der Waals surface area contributed by atoms with Crippen LogP contribution in [0, 0.1) is 0 Å². The van der Waals surface area contributed by atoms with Crippen LogP contribution in [0.25, 0.3) is 0 Å². The number of nitrogens with zero attached hydrogens (tertiary/aromatic N) is 1. The lowest BCUT2D eigenvalue weighted by molar-refractivity contribution is 0.0981. The van der Waals surface area contributed by atoms with Gasteiger partial charge in [0.2, 0.25) is 0 Å². The van der Waals surface area contributed by atoms with E-state index in [1.54, 1.807) is 18.3 Å². The van der Waals surface area contributed by atoms with E-state index in [0.29, 0.717) is 24.1 Å². The number of fused-ring (bicyclic) bond motifs is 1. The number of rotatable bonds is 0. The Morgan fingerprint density at radius 1 is 1.54 bits per heavy atom. The van der Waals surface area contributed by atoms with Crippen molar-refractivity contribution in [3.8, 4) is 0 Å². The van der Waals surface area contributed by atoms with Crippen LogP contribution in [-0.4, -0.2) is 15.9 Å². The molecule has 0 aromatic carbocycles. The van der Waals surface area contributed by atoms with Gasteiger partial charge in [0.05, 0.1) is 11.8 Å². The third-order valence-electron chi connectivity index (χ3n) is 2.34. The third kappa shape index (κ3) is 1.47. The second-order valence-electron chi connectivity index (χ2n) is 3.27. The number of carbonyl (C=O) groups is 1. The fraction of sp³-hybridized carbons (Fsp3) is 0.400. The van der Waals surface area contributed by atoms with Gasteiger partial charge in [-0.2, -0.15) is 0 Å². The second-order valence-corrected chi connectivity index (χ2v) is 3.27. The minimum absolute atomic E-state index is 0.0969. The fourth-order valence-electron chi connectivity index (χ4n) is 1.65. The van der Waals surface area contributed by atoms with Crippen LogP contribution in [0.4, 0.5) is 0 Å². The van der Waals surface area contributed by atoms with E-state index in [0.717, 1.165) is 6.42 Å². The highest BCUT2D eigenvalue weighted by atomic mass is 16.3. The van der Waals surface area contributed by atoms with E-state index in [-0.39, 0.29) is 5.78 Å². The lowest BCUT2D eigenvalue weighted by Crippen LogP contribution is -2.04. The smallest absolute Gasteiger partial charge is 0.164 e. The van der Waals surface area contributed by atoms with Gasteiger partial charge >= 0.3 is 0 Å². The minimum Gasteiger partial charge on any atom is -0.387 e. The Labute approximate surface area is 76.4 Å². The number of aliphatic hydroxyl groups excluding tert-OH is 1. The topological polar surface area (TPSA) is 50.2 Å². The summed E-state index contributed by atoms with van der Waals surface area (Å²) in [7, 11) is 0. The standard InChI is InChI=1S/C10H11NO2/c12-8-4-1-5-9(13)10-7(8)3-2-6-11-10/h2-3,6,9,13H,1,4-5H2. The molecule has 1 aliphatic carbocycles. The van der Waals surface area contributed by atoms with Crippen molar-refractivity contribution < 1.29 is 9.90 Å². The number of carbonyl (C=O) groups excluding carboxylic acids is 1. The van der Waals surface area contributed by atoms with Gasteiger partial charge in [0, 0.05) is 18.2 Å². The summed E-state index contributed by atoms with van der Waals surface area (Å²) in [5.74, 6) is 0.0969. The highest BCUT2D eigenvalue weighted by Gasteiger charge is 2.21. The zero-order chi connectivity index (χ0) is 9.26. The number of aromatic nitrogens is 1. The van der Waals surface area contributed by atoms with Crippen molar-refractivity contribution in [3.05, 3.63) is 29.6 Å². The van der Waals surface area contributed by atoms with Gasteiger partial charge in [0.1, 0.15) is 0 Å². The van der Waals surface area contributed by atoms with E-state index < -0.39 is 6.10 Å². The molecule has 1 aromatic heterocycles. The quantitative estimate of drug-likeness (QED) is 0.611. The first kappa shape index (κ1) is 8.38. The highest BCUT2D eigenvalue weighted by Crippen LogP contribution is 2.26. The fourth-order valence-corrected chi connectivity index (χ4v) is 1.65. The molecule has 3 nitrogen and oxygen atoms in total. The van der Waals surface area contributed by atoms with Crippen molar-refractivity contribution >= 4 is 5.78 Å². The van der Waals surface area contributed by atoms with Crippen molar-refractivity contribution in [2.45, 2.75) is 25.4 Å². The van der Waals surface area contributed by atoms with Crippen LogP contribution in [0.5, 0.6) is 0 Å². The van der Waals surface area contributed by atoms with Crippen molar-refractivity contribution in [1.82, 2.24) is 4.98 Å². The molecular weight excluding hydrogens is 166 g/mol. The molecule has 0 saturated heterocycles. The van der Waals surface area contributed by atoms with E-state index in [1.165, 1.54) is 0 Å². The molecule has 2 rings (SSSR count). The maximum Gasteiger partial charge on any atom is 0.164 e. The minimum atomic E-state index is -0.567. The van der Waals surface area contributed by atoms with Crippen molar-refractivity contribution in [2.75, 3.05) is 0 Å². The highest BCUT2D eigenvalue weighted by molar-refractivity contribution is 5.97. The molecule has 0 bridgehead atoms. The van der Waals surface area contributed by atoms with Gasteiger partial charge in [0.25, 0.3) is 0 Å². The number of pyridine rings is 1. The van der Waals surface area contributed by atoms with E-state index in [1.807, 2.05) is 0 Å². The van der Waals surface area contributed by atoms with Gasteiger partial charge in [-0.3, -0.25) is 9.78 Å². The van der Waals surface area contributed by atoms with Crippen molar-refractivity contribution in [1.29, 1.82) is 0 Å². The molecular formula is C10H11NO2. The molecule has 1 heterocycles. The van der Waals surface area contributed by atoms with Crippen LogP contribution < -0.4 is 0 Å². The number of hydrogen-bond acceptors (Lipinski definition) is 3. The van der Waals surface area contributed by atoms with Crippen molar-refractivity contribution in [2.24, 2.45) is 0 Å². The Bertz CT molecular complexity index is 335.